The highest BCUT2D eigenvalue weighted by Crippen LogP contribution is 2.33. The number of amides is 1. The predicted octanol–water partition coefficient (Wildman–Crippen LogP) is 2.89. The second-order valence-corrected chi connectivity index (χ2v) is 11.4. The third kappa shape index (κ3) is 4.50. The molecule has 2 aromatic heterocycles. The molecule has 0 bridgehead atoms. The second-order valence-electron chi connectivity index (χ2n) is 8.82. The molecule has 1 aliphatic carbocycles. The number of nitrogens with one attached hydrogen (secondary N) is 1. The van der Waals surface area contributed by atoms with Crippen LogP contribution in [0, 0.1) is 5.82 Å². The number of halogens is 2. The zero-order chi connectivity index (χ0) is 23.2. The lowest BCUT2D eigenvalue weighted by Gasteiger charge is -2.37. The van der Waals surface area contributed by atoms with Gasteiger partial charge in [0, 0.05) is 31.9 Å². The van der Waals surface area contributed by atoms with E-state index in [1.165, 1.54) is 24.5 Å². The molecule has 1 amide bonds. The first kappa shape index (κ1) is 22.3. The first-order chi connectivity index (χ1) is 15.8. The standard InChI is InChI=1S/C22H25ClFN5O3S/c23-14-11-18(24)21(26-12-14)28-8-5-16(6-9-28)29-10-7-19(22(29)30)27-15-1-4-20(25-13-15)33(31,32)17-2-3-17/h1,4,11-13,16-17,19,27H,2-3,5-10H2. The van der Waals surface area contributed by atoms with Crippen LogP contribution < -0.4 is 10.2 Å². The zero-order valence-corrected chi connectivity index (χ0v) is 19.5. The number of anilines is 2. The highest BCUT2D eigenvalue weighted by molar-refractivity contribution is 7.92. The molecular formula is C22H25ClFN5O3S. The fraction of sp³-hybridized carbons (Fsp3) is 0.500. The molecule has 5 rings (SSSR count). The Morgan fingerprint density at radius 3 is 2.42 bits per heavy atom. The monoisotopic (exact) mass is 493 g/mol. The van der Waals surface area contributed by atoms with Crippen molar-refractivity contribution in [2.24, 2.45) is 0 Å². The third-order valence-corrected chi connectivity index (χ3v) is 8.95. The average molecular weight is 494 g/mol. The number of carbonyl (C=O) groups excluding carboxylic acids is 1. The number of likely N-dealkylation sites (tertiary alicyclic amines) is 1. The summed E-state index contributed by atoms with van der Waals surface area (Å²) in [6, 6.07) is 4.17. The largest absolute Gasteiger partial charge is 0.372 e. The van der Waals surface area contributed by atoms with Crippen LogP contribution in [0.1, 0.15) is 32.1 Å². The van der Waals surface area contributed by atoms with E-state index in [0.29, 0.717) is 50.4 Å². The smallest absolute Gasteiger partial charge is 0.245 e. The molecule has 1 saturated carbocycles. The fourth-order valence-electron chi connectivity index (χ4n) is 4.61. The summed E-state index contributed by atoms with van der Waals surface area (Å²) >= 11 is 5.79. The average Bonchev–Trinajstić information content (AvgIpc) is 3.60. The van der Waals surface area contributed by atoms with Gasteiger partial charge in [-0.2, -0.15) is 0 Å². The summed E-state index contributed by atoms with van der Waals surface area (Å²) in [6.07, 6.45) is 6.44. The lowest BCUT2D eigenvalue weighted by atomic mass is 10.0. The summed E-state index contributed by atoms with van der Waals surface area (Å²) in [5.41, 5.74) is 0.629. The first-order valence-corrected chi connectivity index (χ1v) is 13.1. The lowest BCUT2D eigenvalue weighted by Crippen LogP contribution is -2.47. The Labute approximate surface area is 197 Å². The van der Waals surface area contributed by atoms with Gasteiger partial charge in [0.05, 0.1) is 22.2 Å². The van der Waals surface area contributed by atoms with Gasteiger partial charge in [-0.3, -0.25) is 4.79 Å². The van der Waals surface area contributed by atoms with E-state index in [1.807, 2.05) is 9.80 Å². The predicted molar refractivity (Wildman–Crippen MR) is 123 cm³/mol. The first-order valence-electron chi connectivity index (χ1n) is 11.2. The molecule has 3 aliphatic rings. The van der Waals surface area contributed by atoms with Gasteiger partial charge in [-0.15, -0.1) is 0 Å². The van der Waals surface area contributed by atoms with Gasteiger partial charge in [-0.1, -0.05) is 11.6 Å². The Morgan fingerprint density at radius 1 is 1.03 bits per heavy atom. The maximum atomic E-state index is 14.2. The van der Waals surface area contributed by atoms with Crippen LogP contribution >= 0.6 is 11.6 Å². The van der Waals surface area contributed by atoms with Crippen LogP contribution in [0.15, 0.2) is 35.6 Å². The van der Waals surface area contributed by atoms with Crippen LogP contribution in [0.2, 0.25) is 5.02 Å². The molecule has 0 radical (unpaired) electrons. The number of sulfone groups is 1. The fourth-order valence-corrected chi connectivity index (χ4v) is 6.31. The Hall–Kier alpha value is -2.46. The molecule has 3 fully saturated rings. The molecule has 33 heavy (non-hydrogen) atoms. The third-order valence-electron chi connectivity index (χ3n) is 6.56. The van der Waals surface area contributed by atoms with Gasteiger partial charge >= 0.3 is 0 Å². The highest BCUT2D eigenvalue weighted by Gasteiger charge is 2.39. The molecule has 4 heterocycles. The van der Waals surface area contributed by atoms with Crippen molar-refractivity contribution in [3.8, 4) is 0 Å². The maximum Gasteiger partial charge on any atom is 0.245 e. The molecule has 11 heteroatoms. The van der Waals surface area contributed by atoms with Crippen molar-refractivity contribution in [2.45, 2.75) is 54.5 Å². The van der Waals surface area contributed by atoms with E-state index < -0.39 is 15.7 Å². The van der Waals surface area contributed by atoms with Crippen LogP contribution in [0.4, 0.5) is 15.9 Å². The molecule has 2 aromatic rings. The van der Waals surface area contributed by atoms with Crippen molar-refractivity contribution < 1.29 is 17.6 Å². The minimum Gasteiger partial charge on any atom is -0.372 e. The number of aromatic nitrogens is 2. The second kappa shape index (κ2) is 8.72. The summed E-state index contributed by atoms with van der Waals surface area (Å²) in [7, 11) is -3.33. The number of hydrogen-bond acceptors (Lipinski definition) is 7. The van der Waals surface area contributed by atoms with Gasteiger partial charge in [0.1, 0.15) is 6.04 Å². The van der Waals surface area contributed by atoms with Gasteiger partial charge in [0.25, 0.3) is 0 Å². The van der Waals surface area contributed by atoms with Crippen LogP contribution in [0.25, 0.3) is 0 Å². The van der Waals surface area contributed by atoms with Crippen molar-refractivity contribution in [2.75, 3.05) is 29.9 Å². The van der Waals surface area contributed by atoms with Gasteiger partial charge in [-0.25, -0.2) is 22.8 Å². The maximum absolute atomic E-state index is 14.2. The number of nitrogens with zero attached hydrogens (tertiary/aromatic N) is 4. The molecule has 1 N–H and O–H groups in total. The molecule has 2 saturated heterocycles. The van der Waals surface area contributed by atoms with E-state index in [1.54, 1.807) is 6.07 Å². The summed E-state index contributed by atoms with van der Waals surface area (Å²) in [5, 5.41) is 3.26. The van der Waals surface area contributed by atoms with E-state index in [2.05, 4.69) is 15.3 Å². The summed E-state index contributed by atoms with van der Waals surface area (Å²) in [6.45, 7) is 1.87. The van der Waals surface area contributed by atoms with Gasteiger partial charge in [0.2, 0.25) is 5.91 Å². The minimum atomic E-state index is -3.33. The van der Waals surface area contributed by atoms with Gasteiger partial charge in [-0.05, 0) is 50.3 Å². The Balaban J connectivity index is 1.17. The SMILES string of the molecule is O=C1C(Nc2ccc(S(=O)(=O)C3CC3)nc2)CCN1C1CCN(c2ncc(Cl)cc2F)CC1. The Morgan fingerprint density at radius 2 is 1.79 bits per heavy atom. The molecule has 8 nitrogen and oxygen atoms in total. The van der Waals surface area contributed by atoms with E-state index in [-0.39, 0.29) is 33.3 Å². The van der Waals surface area contributed by atoms with Crippen LogP contribution in [-0.4, -0.2) is 66.2 Å². The number of carbonyl (C=O) groups is 1. The number of hydrogen-bond donors (Lipinski definition) is 1. The Kier molecular flexibility index (Phi) is 5.90. The van der Waals surface area contributed by atoms with E-state index in [9.17, 15) is 17.6 Å². The summed E-state index contributed by atoms with van der Waals surface area (Å²) < 4.78 is 38.8. The molecule has 1 unspecified atom stereocenters. The highest BCUT2D eigenvalue weighted by atomic mass is 35.5. The van der Waals surface area contributed by atoms with Crippen molar-refractivity contribution >= 4 is 38.9 Å². The van der Waals surface area contributed by atoms with Crippen LogP contribution in [-0.2, 0) is 14.6 Å². The van der Waals surface area contributed by atoms with Gasteiger partial charge in [0.15, 0.2) is 26.5 Å². The van der Waals surface area contributed by atoms with E-state index >= 15 is 0 Å². The molecule has 1 atom stereocenters. The summed E-state index contributed by atoms with van der Waals surface area (Å²) in [5.74, 6) is -0.115. The van der Waals surface area contributed by atoms with Crippen molar-refractivity contribution in [1.82, 2.24) is 14.9 Å². The number of rotatable bonds is 6. The molecule has 0 aromatic carbocycles. The van der Waals surface area contributed by atoms with E-state index in [4.69, 9.17) is 11.6 Å². The zero-order valence-electron chi connectivity index (χ0n) is 18.0. The van der Waals surface area contributed by atoms with Gasteiger partial charge < -0.3 is 15.1 Å². The minimum absolute atomic E-state index is 0.0268. The number of pyridine rings is 2. The van der Waals surface area contributed by atoms with Crippen LogP contribution in [0.3, 0.4) is 0 Å². The van der Waals surface area contributed by atoms with Crippen molar-refractivity contribution in [3.05, 3.63) is 41.4 Å². The van der Waals surface area contributed by atoms with Crippen LogP contribution in [0.5, 0.6) is 0 Å². The molecule has 176 valence electrons. The van der Waals surface area contributed by atoms with Crippen molar-refractivity contribution in [1.29, 1.82) is 0 Å². The lowest BCUT2D eigenvalue weighted by molar-refractivity contribution is -0.130. The quantitative estimate of drug-likeness (QED) is 0.661. The molecule has 2 aliphatic heterocycles. The molecular weight excluding hydrogens is 469 g/mol. The topological polar surface area (TPSA) is 95.5 Å². The summed E-state index contributed by atoms with van der Waals surface area (Å²) in [4.78, 5) is 25.0. The molecule has 0 spiro atoms. The normalized spacial score (nSPS) is 22.1. The van der Waals surface area contributed by atoms with Crippen molar-refractivity contribution in [3.63, 3.8) is 0 Å². The van der Waals surface area contributed by atoms with E-state index in [0.717, 1.165) is 12.8 Å². The number of piperidine rings is 1. The Bertz CT molecular complexity index is 1150.